The van der Waals surface area contributed by atoms with E-state index in [1.165, 1.54) is 19.2 Å². The summed E-state index contributed by atoms with van der Waals surface area (Å²) in [6, 6.07) is 6.14. The van der Waals surface area contributed by atoms with Crippen molar-refractivity contribution in [3.8, 4) is 0 Å². The van der Waals surface area contributed by atoms with E-state index in [1.54, 1.807) is 37.0 Å². The lowest BCUT2D eigenvalue weighted by atomic mass is 9.40. The van der Waals surface area contributed by atoms with E-state index in [4.69, 9.17) is 37.9 Å². The van der Waals surface area contributed by atoms with Gasteiger partial charge in [0.25, 0.3) is 0 Å². The zero-order chi connectivity index (χ0) is 42.1. The summed E-state index contributed by atoms with van der Waals surface area (Å²) >= 11 is 0. The van der Waals surface area contributed by atoms with Gasteiger partial charge < -0.3 is 63.4 Å². The highest BCUT2D eigenvalue weighted by Gasteiger charge is 2.77. The van der Waals surface area contributed by atoms with Crippen LogP contribution in [-0.2, 0) is 44.4 Å². The fourth-order valence-corrected chi connectivity index (χ4v) is 12.4. The largest absolute Gasteiger partial charge is 0.389 e. The normalized spacial score (nSPS) is 44.6. The van der Waals surface area contributed by atoms with Crippen LogP contribution in [0, 0.1) is 34.4 Å². The van der Waals surface area contributed by atoms with Crippen LogP contribution in [-0.4, -0.2) is 141 Å². The van der Waals surface area contributed by atoms with Gasteiger partial charge in [-0.2, -0.15) is 0 Å². The van der Waals surface area contributed by atoms with Gasteiger partial charge >= 0.3 is 0 Å². The average molecular weight is 836 g/mol. The van der Waals surface area contributed by atoms with E-state index in [0.717, 1.165) is 5.56 Å². The van der Waals surface area contributed by atoms with Crippen LogP contribution in [0.3, 0.4) is 0 Å². The Labute approximate surface area is 344 Å². The predicted molar refractivity (Wildman–Crippen MR) is 203 cm³/mol. The highest BCUT2D eigenvalue weighted by molar-refractivity contribution is 5.26. The second kappa shape index (κ2) is 16.2. The lowest BCUT2D eigenvalue weighted by Gasteiger charge is -2.71. The third-order valence-electron chi connectivity index (χ3n) is 15.1. The number of aromatic nitrogens is 3. The molecule has 330 valence electrons. The van der Waals surface area contributed by atoms with Crippen LogP contribution in [0.15, 0.2) is 30.5 Å². The molecular formula is C42H62FN3O13. The molecule has 1 aromatic heterocycles. The molecule has 5 N–H and O–H groups in total. The van der Waals surface area contributed by atoms with E-state index in [2.05, 4.69) is 10.3 Å². The summed E-state index contributed by atoms with van der Waals surface area (Å²) in [6.45, 7) is 7.79. The molecule has 17 heteroatoms. The van der Waals surface area contributed by atoms with Crippen molar-refractivity contribution in [2.45, 2.75) is 151 Å². The number of rotatable bonds is 12. The van der Waals surface area contributed by atoms with Gasteiger partial charge in [0.05, 0.1) is 60.4 Å². The first-order valence-corrected chi connectivity index (χ1v) is 21.0. The van der Waals surface area contributed by atoms with E-state index >= 15 is 0 Å². The maximum Gasteiger partial charge on any atom is 0.186 e. The average Bonchev–Trinajstić information content (AvgIpc) is 3.76. The molecule has 0 bridgehead atoms. The Morgan fingerprint density at radius 2 is 1.71 bits per heavy atom. The van der Waals surface area contributed by atoms with Crippen LogP contribution >= 0.6 is 0 Å². The first kappa shape index (κ1) is 43.4. The molecule has 2 saturated heterocycles. The molecule has 16 nitrogen and oxygen atoms in total. The Bertz CT molecular complexity index is 1770. The van der Waals surface area contributed by atoms with Crippen molar-refractivity contribution in [2.24, 2.45) is 28.6 Å². The fraction of sp³-hybridized carbons (Fsp3) is 0.810. The third kappa shape index (κ3) is 7.29. The number of hydrogen-bond donors (Lipinski definition) is 5. The smallest absolute Gasteiger partial charge is 0.186 e. The maximum absolute atomic E-state index is 13.5. The topological polar surface area (TPSA) is 206 Å². The lowest BCUT2D eigenvalue weighted by Crippen LogP contribution is -2.78. The van der Waals surface area contributed by atoms with Gasteiger partial charge in [-0.05, 0) is 82.4 Å². The van der Waals surface area contributed by atoms with E-state index in [-0.39, 0.29) is 44.8 Å². The molecule has 3 unspecified atom stereocenters. The minimum atomic E-state index is -1.43. The van der Waals surface area contributed by atoms with Crippen LogP contribution in [0.2, 0.25) is 0 Å². The molecule has 59 heavy (non-hydrogen) atoms. The number of benzene rings is 1. The zero-order valence-corrected chi connectivity index (χ0v) is 34.8. The van der Waals surface area contributed by atoms with Gasteiger partial charge in [-0.1, -0.05) is 24.3 Å². The molecule has 4 saturated carbocycles. The molecule has 1 aromatic carbocycles. The molecule has 0 radical (unpaired) electrons. The molecule has 4 aliphatic carbocycles. The summed E-state index contributed by atoms with van der Waals surface area (Å²) in [5, 5.41) is 69.2. The fourth-order valence-electron chi connectivity index (χ4n) is 12.4. The predicted octanol–water partition coefficient (Wildman–Crippen LogP) is 2.57. The van der Waals surface area contributed by atoms with Crippen molar-refractivity contribution in [1.29, 1.82) is 0 Å². The summed E-state index contributed by atoms with van der Waals surface area (Å²) in [7, 11) is 3.02. The van der Waals surface area contributed by atoms with E-state index in [1.807, 2.05) is 20.8 Å². The van der Waals surface area contributed by atoms with Crippen LogP contribution in [0.25, 0.3) is 0 Å². The van der Waals surface area contributed by atoms with Crippen molar-refractivity contribution in [3.05, 3.63) is 47.5 Å². The van der Waals surface area contributed by atoms with E-state index in [9.17, 15) is 29.9 Å². The first-order chi connectivity index (χ1) is 28.0. The summed E-state index contributed by atoms with van der Waals surface area (Å²) in [6.07, 6.45) is -4.11. The van der Waals surface area contributed by atoms with Crippen molar-refractivity contribution in [2.75, 3.05) is 34.4 Å². The molecule has 0 amide bonds. The number of aliphatic hydroxyl groups excluding tert-OH is 3. The van der Waals surface area contributed by atoms with E-state index in [0.29, 0.717) is 44.3 Å². The van der Waals surface area contributed by atoms with Gasteiger partial charge in [0.1, 0.15) is 49.5 Å². The Balaban J connectivity index is 1.08. The number of nitrogens with zero attached hydrogens (tertiary/aromatic N) is 3. The summed E-state index contributed by atoms with van der Waals surface area (Å²) in [5.41, 5.74) is -3.38. The number of hydrogen-bond acceptors (Lipinski definition) is 15. The Morgan fingerprint density at radius 1 is 0.983 bits per heavy atom. The maximum atomic E-state index is 13.5. The number of fused-ring (bicyclic) bond motifs is 3. The molecule has 2 aromatic rings. The SMILES string of the molecule is COCO[C@@H]1[C@@H](O)[C@@H](O)[C@H](O[C@H]2C[C@H]3OC(C)(C)OC[C@]34C3C(CC[C@]4(O)C2)[C@@]2(O)CC[C@H](C(O)c4cn(Cc5ccc(F)cc5)nn4)[C@@]2(C)C[C@H]3OCOC)O[C@H]1C. The minimum Gasteiger partial charge on any atom is -0.389 e. The minimum absolute atomic E-state index is 0.0298. The molecule has 6 aliphatic rings. The number of ether oxygens (including phenoxy) is 8. The van der Waals surface area contributed by atoms with Gasteiger partial charge in [0.2, 0.25) is 0 Å². The number of aliphatic hydroxyl groups is 5. The van der Waals surface area contributed by atoms with Gasteiger partial charge in [-0.15, -0.1) is 5.10 Å². The second-order valence-electron chi connectivity index (χ2n) is 18.7. The third-order valence-corrected chi connectivity index (χ3v) is 15.1. The van der Waals surface area contributed by atoms with Gasteiger partial charge in [0, 0.05) is 38.4 Å². The number of methoxy groups -OCH3 is 2. The Hall–Kier alpha value is -2.23. The second-order valence-corrected chi connectivity index (χ2v) is 18.7. The summed E-state index contributed by atoms with van der Waals surface area (Å²) in [4.78, 5) is 0. The lowest BCUT2D eigenvalue weighted by molar-refractivity contribution is -0.411. The van der Waals surface area contributed by atoms with E-state index < -0.39 is 94.8 Å². The summed E-state index contributed by atoms with van der Waals surface area (Å²) < 4.78 is 63.6. The van der Waals surface area contributed by atoms with Crippen LogP contribution < -0.4 is 0 Å². The standard InChI is InChI=1S/C42H62FN3O13/c1-23-36(55-22-53-6)34(48)35(49)37(57-23)58-26-15-31-41(20-56-38(2,3)59-31)32-27(11-13-40(41,50)16-26)42(51)14-12-28(39(42,4)17-30(32)54-21-52-5)33(47)29-19-46(45-44-29)18-24-7-9-25(43)10-8-24/h7-10,19,23,26-28,30-37,47-51H,11-18,20-22H2,1-6H3/t23-,26-,27?,28+,30+,31+,32?,33?,34-,35+,36-,37-,39+,40-,41+,42-/m0/s1. The molecule has 16 atom stereocenters. The van der Waals surface area contributed by atoms with Gasteiger partial charge in [-0.25, -0.2) is 9.07 Å². The van der Waals surface area contributed by atoms with Crippen molar-refractivity contribution in [3.63, 3.8) is 0 Å². The highest BCUT2D eigenvalue weighted by atomic mass is 19.1. The van der Waals surface area contributed by atoms with Crippen molar-refractivity contribution < 1.29 is 67.8 Å². The molecular weight excluding hydrogens is 773 g/mol. The van der Waals surface area contributed by atoms with Gasteiger partial charge in [-0.3, -0.25) is 0 Å². The quantitative estimate of drug-likeness (QED) is 0.154. The van der Waals surface area contributed by atoms with Crippen LogP contribution in [0.5, 0.6) is 0 Å². The van der Waals surface area contributed by atoms with Crippen molar-refractivity contribution in [1.82, 2.24) is 15.0 Å². The number of halogens is 1. The monoisotopic (exact) mass is 835 g/mol. The zero-order valence-electron chi connectivity index (χ0n) is 34.8. The van der Waals surface area contributed by atoms with Crippen molar-refractivity contribution >= 4 is 0 Å². The Kier molecular flexibility index (Phi) is 11.9. The molecule has 3 heterocycles. The Morgan fingerprint density at radius 3 is 2.44 bits per heavy atom. The van der Waals surface area contributed by atoms with Crippen LogP contribution in [0.1, 0.15) is 90.0 Å². The molecule has 8 rings (SSSR count). The molecule has 6 fully saturated rings. The van der Waals surface area contributed by atoms with Crippen LogP contribution in [0.4, 0.5) is 4.39 Å². The molecule has 1 spiro atoms. The van der Waals surface area contributed by atoms with Gasteiger partial charge in [0.15, 0.2) is 12.1 Å². The highest BCUT2D eigenvalue weighted by Crippen LogP contribution is 2.72. The summed E-state index contributed by atoms with van der Waals surface area (Å²) in [5.74, 6) is -2.59. The molecule has 2 aliphatic heterocycles. The first-order valence-electron chi connectivity index (χ1n) is 21.0.